The van der Waals surface area contributed by atoms with Crippen molar-refractivity contribution in [1.29, 1.82) is 0 Å². The zero-order valence-corrected chi connectivity index (χ0v) is 27.6. The van der Waals surface area contributed by atoms with E-state index < -0.39 is 20.2 Å². The SMILES string of the molecule is COS(=O)(=O)[O-].C[N+]1(C)CCN(c2cc(O)ccc2[N+](=O)[O-])CC1.C[N+]1(C)CCN(c2cc(O)ccc2[N+](=O)[O-])CC1.Cl.Cl. The van der Waals surface area contributed by atoms with Crippen molar-refractivity contribution in [2.75, 3.05) is 97.5 Å². The summed E-state index contributed by atoms with van der Waals surface area (Å²) in [6.07, 6.45) is 0. The van der Waals surface area contributed by atoms with Gasteiger partial charge in [0.1, 0.15) is 22.9 Å². The molecule has 2 aliphatic heterocycles. The van der Waals surface area contributed by atoms with Crippen molar-refractivity contribution in [3.63, 3.8) is 0 Å². The molecule has 2 heterocycles. The molecule has 0 aromatic heterocycles. The van der Waals surface area contributed by atoms with E-state index in [9.17, 15) is 43.4 Å². The molecule has 2 N–H and O–H groups in total. The summed E-state index contributed by atoms with van der Waals surface area (Å²) in [4.78, 5) is 25.1. The highest BCUT2D eigenvalue weighted by Crippen LogP contribution is 2.33. The zero-order valence-electron chi connectivity index (χ0n) is 25.2. The van der Waals surface area contributed by atoms with Gasteiger partial charge < -0.3 is 33.5 Å². The normalized spacial score (nSPS) is 16.9. The summed E-state index contributed by atoms with van der Waals surface area (Å²) >= 11 is 0. The van der Waals surface area contributed by atoms with Crippen LogP contribution in [0, 0.1) is 20.2 Å². The van der Waals surface area contributed by atoms with E-state index >= 15 is 0 Å². The third-order valence-corrected chi connectivity index (χ3v) is 7.51. The molecule has 4 rings (SSSR count). The van der Waals surface area contributed by atoms with Crippen LogP contribution in [0.15, 0.2) is 36.4 Å². The molecule has 2 aromatic carbocycles. The second-order valence-corrected chi connectivity index (χ2v) is 12.3. The van der Waals surface area contributed by atoms with Gasteiger partial charge in [0.25, 0.3) is 11.4 Å². The average Bonchev–Trinajstić information content (AvgIpc) is 2.88. The number of rotatable bonds is 5. The Morgan fingerprint density at radius 2 is 1.00 bits per heavy atom. The lowest BCUT2D eigenvalue weighted by molar-refractivity contribution is -0.890. The standard InChI is InChI=1S/2C12H17N3O3.CH4O4S.2ClH/c2*1-15(2)7-5-13(6-8-15)12-9-10(16)3-4-11(12)14(17)18;1-5-6(2,3)4;;/h2*3-4,9H,5-8H2,1-2H3;1H3,(H,2,3,4);2*1H/p+1. The number of aromatic hydroxyl groups is 2. The van der Waals surface area contributed by atoms with Crippen molar-refractivity contribution in [2.45, 2.75) is 0 Å². The number of nitro groups is 2. The van der Waals surface area contributed by atoms with Crippen molar-refractivity contribution in [1.82, 2.24) is 0 Å². The predicted octanol–water partition coefficient (Wildman–Crippen LogP) is 2.33. The molecule has 2 saturated heterocycles. The Hall–Kier alpha value is -3.19. The lowest BCUT2D eigenvalue weighted by Crippen LogP contribution is -2.55. The van der Waals surface area contributed by atoms with Crippen LogP contribution in [-0.4, -0.2) is 130 Å². The van der Waals surface area contributed by atoms with Crippen LogP contribution in [0.25, 0.3) is 0 Å². The number of piperazine rings is 2. The molecule has 0 spiro atoms. The molecule has 0 amide bonds. The van der Waals surface area contributed by atoms with Crippen LogP contribution in [0.1, 0.15) is 0 Å². The number of hydrogen-bond donors (Lipinski definition) is 2. The first kappa shape index (κ1) is 40.8. The lowest BCUT2D eigenvalue weighted by atomic mass is 10.2. The minimum absolute atomic E-state index is 0. The molecule has 19 heteroatoms. The first-order chi connectivity index (χ1) is 19.3. The van der Waals surface area contributed by atoms with Gasteiger partial charge in [-0.2, -0.15) is 0 Å². The van der Waals surface area contributed by atoms with Crippen LogP contribution in [0.5, 0.6) is 11.5 Å². The molecule has 0 unspecified atom stereocenters. The van der Waals surface area contributed by atoms with E-state index in [0.717, 1.165) is 68.4 Å². The van der Waals surface area contributed by atoms with Crippen LogP contribution < -0.4 is 9.80 Å². The second kappa shape index (κ2) is 16.8. The number of phenols is 2. The molecule has 2 aromatic rings. The summed E-state index contributed by atoms with van der Waals surface area (Å²) in [7, 11) is 4.98. The van der Waals surface area contributed by atoms with Gasteiger partial charge in [0.05, 0.1) is 97.5 Å². The van der Waals surface area contributed by atoms with E-state index in [1.54, 1.807) is 0 Å². The number of phenolic OH excluding ortho intramolecular Hbond substituents is 2. The highest BCUT2D eigenvalue weighted by molar-refractivity contribution is 7.80. The van der Waals surface area contributed by atoms with Gasteiger partial charge >= 0.3 is 0 Å². The molecule has 0 aliphatic carbocycles. The van der Waals surface area contributed by atoms with E-state index in [4.69, 9.17) is 0 Å². The Morgan fingerprint density at radius 1 is 0.727 bits per heavy atom. The van der Waals surface area contributed by atoms with Gasteiger partial charge in [-0.05, 0) is 12.1 Å². The fourth-order valence-corrected chi connectivity index (χ4v) is 4.33. The van der Waals surface area contributed by atoms with Crippen molar-refractivity contribution in [3.8, 4) is 11.5 Å². The monoisotopic (exact) mass is 687 g/mol. The Morgan fingerprint density at radius 3 is 1.23 bits per heavy atom. The first-order valence-electron chi connectivity index (χ1n) is 12.9. The largest absolute Gasteiger partial charge is 0.726 e. The third-order valence-electron chi connectivity index (χ3n) is 7.10. The molecule has 44 heavy (non-hydrogen) atoms. The predicted molar refractivity (Wildman–Crippen MR) is 169 cm³/mol. The number of nitro benzene ring substituents is 2. The van der Waals surface area contributed by atoms with E-state index in [-0.39, 0.29) is 47.7 Å². The number of halogens is 2. The topological polar surface area (TPSA) is 200 Å². The molecule has 16 nitrogen and oxygen atoms in total. The summed E-state index contributed by atoms with van der Waals surface area (Å²) in [5.41, 5.74) is 1.14. The summed E-state index contributed by atoms with van der Waals surface area (Å²) in [6.45, 7) is 6.79. The highest BCUT2D eigenvalue weighted by Gasteiger charge is 2.29. The lowest BCUT2D eigenvalue weighted by Gasteiger charge is -2.39. The van der Waals surface area contributed by atoms with Gasteiger partial charge in [0.15, 0.2) is 0 Å². The summed E-state index contributed by atoms with van der Waals surface area (Å²) in [5.74, 6) is 0.129. The van der Waals surface area contributed by atoms with Crippen molar-refractivity contribution in [2.24, 2.45) is 0 Å². The van der Waals surface area contributed by atoms with Crippen molar-refractivity contribution in [3.05, 3.63) is 56.6 Å². The van der Waals surface area contributed by atoms with E-state index in [1.807, 2.05) is 9.80 Å². The average molecular weight is 689 g/mol. The van der Waals surface area contributed by atoms with Crippen LogP contribution in [0.3, 0.4) is 0 Å². The molecular formula is C25H41Cl2N6O10S+. The third kappa shape index (κ3) is 12.8. The van der Waals surface area contributed by atoms with Crippen LogP contribution in [0.4, 0.5) is 22.7 Å². The summed E-state index contributed by atoms with van der Waals surface area (Å²) < 4.78 is 32.9. The minimum Gasteiger partial charge on any atom is -0.726 e. The number of anilines is 2. The van der Waals surface area contributed by atoms with E-state index in [1.165, 1.54) is 36.4 Å². The maximum absolute atomic E-state index is 11.0. The maximum atomic E-state index is 11.0. The smallest absolute Gasteiger partial charge is 0.292 e. The molecular weight excluding hydrogens is 647 g/mol. The van der Waals surface area contributed by atoms with Crippen LogP contribution >= 0.6 is 24.8 Å². The van der Waals surface area contributed by atoms with Gasteiger partial charge in [0.2, 0.25) is 10.4 Å². The Balaban J connectivity index is 0.000000685. The van der Waals surface area contributed by atoms with Gasteiger partial charge in [-0.15, -0.1) is 24.8 Å². The van der Waals surface area contributed by atoms with Crippen molar-refractivity contribution >= 4 is 58.0 Å². The molecule has 0 atom stereocenters. The van der Waals surface area contributed by atoms with Crippen LogP contribution in [0.2, 0.25) is 0 Å². The summed E-state index contributed by atoms with van der Waals surface area (Å²) in [6, 6.07) is 8.38. The zero-order chi connectivity index (χ0) is 31.9. The van der Waals surface area contributed by atoms with Crippen molar-refractivity contribution < 1.29 is 46.2 Å². The van der Waals surface area contributed by atoms with Gasteiger partial charge in [-0.25, -0.2) is 8.42 Å². The number of hydrogen-bond acceptors (Lipinski definition) is 12. The minimum atomic E-state index is -4.41. The molecule has 0 saturated carbocycles. The summed E-state index contributed by atoms with van der Waals surface area (Å²) in [5, 5.41) is 41.0. The number of benzene rings is 2. The molecule has 250 valence electrons. The van der Waals surface area contributed by atoms with Gasteiger partial charge in [-0.1, -0.05) is 0 Å². The highest BCUT2D eigenvalue weighted by atomic mass is 35.5. The molecule has 2 fully saturated rings. The van der Waals surface area contributed by atoms with Gasteiger partial charge in [0, 0.05) is 24.3 Å². The number of likely N-dealkylation sites (N-methyl/N-ethyl adjacent to an activating group) is 2. The molecule has 0 bridgehead atoms. The molecule has 0 radical (unpaired) electrons. The maximum Gasteiger partial charge on any atom is 0.292 e. The van der Waals surface area contributed by atoms with E-state index in [0.29, 0.717) is 11.4 Å². The van der Waals surface area contributed by atoms with Gasteiger partial charge in [-0.3, -0.25) is 24.4 Å². The van der Waals surface area contributed by atoms with Crippen LogP contribution in [-0.2, 0) is 14.6 Å². The fraction of sp³-hybridized carbons (Fsp3) is 0.520. The fourth-order valence-electron chi connectivity index (χ4n) is 4.33. The number of nitrogens with zero attached hydrogens (tertiary/aromatic N) is 6. The first-order valence-corrected chi connectivity index (χ1v) is 14.3. The Kier molecular flexibility index (Phi) is 15.5. The Bertz CT molecular complexity index is 1270. The quantitative estimate of drug-likeness (QED) is 0.153. The second-order valence-electron chi connectivity index (χ2n) is 11.2. The Labute approximate surface area is 269 Å². The van der Waals surface area contributed by atoms with E-state index in [2.05, 4.69) is 32.4 Å². The number of quaternary nitrogens is 2. The molecule has 2 aliphatic rings.